The Balaban J connectivity index is 1.27. The van der Waals surface area contributed by atoms with Gasteiger partial charge in [0.05, 0.1) is 12.1 Å². The largest absolute Gasteiger partial charge is 0.365 e. The van der Waals surface area contributed by atoms with Gasteiger partial charge in [-0.2, -0.15) is 11.3 Å². The molecule has 0 aromatic carbocycles. The van der Waals surface area contributed by atoms with E-state index in [1.165, 1.54) is 22.7 Å². The maximum atomic E-state index is 12.5. The van der Waals surface area contributed by atoms with Crippen molar-refractivity contribution in [2.75, 3.05) is 25.0 Å². The first kappa shape index (κ1) is 20.1. The minimum atomic E-state index is -0.470. The Morgan fingerprint density at radius 3 is 2.69 bits per heavy atom. The molecule has 2 aromatic rings. The molecular formula is C20H24N4O3S2. The van der Waals surface area contributed by atoms with E-state index in [-0.39, 0.29) is 24.4 Å². The number of fused-ring (bicyclic) bond motifs is 1. The van der Waals surface area contributed by atoms with E-state index in [4.69, 9.17) is 5.73 Å². The van der Waals surface area contributed by atoms with Crippen molar-refractivity contribution in [3.05, 3.63) is 38.4 Å². The minimum Gasteiger partial charge on any atom is -0.365 e. The molecule has 154 valence electrons. The molecule has 0 saturated carbocycles. The van der Waals surface area contributed by atoms with Crippen molar-refractivity contribution in [1.29, 1.82) is 0 Å². The summed E-state index contributed by atoms with van der Waals surface area (Å²) in [6.07, 6.45) is 4.45. The lowest BCUT2D eigenvalue weighted by Gasteiger charge is -2.31. The molecule has 9 heteroatoms. The van der Waals surface area contributed by atoms with Crippen LogP contribution in [0.15, 0.2) is 16.8 Å². The van der Waals surface area contributed by atoms with Gasteiger partial charge in [0.15, 0.2) is 0 Å². The molecular weight excluding hydrogens is 408 g/mol. The van der Waals surface area contributed by atoms with Gasteiger partial charge in [-0.1, -0.05) is 0 Å². The quantitative estimate of drug-likeness (QED) is 0.651. The Kier molecular flexibility index (Phi) is 5.98. The fourth-order valence-electron chi connectivity index (χ4n) is 4.02. The molecule has 0 radical (unpaired) electrons. The van der Waals surface area contributed by atoms with Gasteiger partial charge in [-0.15, -0.1) is 11.3 Å². The predicted molar refractivity (Wildman–Crippen MR) is 115 cm³/mol. The van der Waals surface area contributed by atoms with Crippen LogP contribution in [0.4, 0.5) is 5.00 Å². The first-order valence-corrected chi connectivity index (χ1v) is 11.6. The third-order valence-electron chi connectivity index (χ3n) is 5.49. The van der Waals surface area contributed by atoms with Gasteiger partial charge < -0.3 is 16.4 Å². The Hall–Kier alpha value is -2.23. The molecule has 29 heavy (non-hydrogen) atoms. The summed E-state index contributed by atoms with van der Waals surface area (Å²) in [6, 6.07) is 1.95. The van der Waals surface area contributed by atoms with Crippen molar-refractivity contribution in [3.63, 3.8) is 0 Å². The van der Waals surface area contributed by atoms with Crippen molar-refractivity contribution in [2.24, 2.45) is 5.73 Å². The van der Waals surface area contributed by atoms with Gasteiger partial charge in [0.25, 0.3) is 11.8 Å². The zero-order valence-electron chi connectivity index (χ0n) is 16.0. The van der Waals surface area contributed by atoms with Gasteiger partial charge in [0, 0.05) is 35.0 Å². The highest BCUT2D eigenvalue weighted by Gasteiger charge is 2.27. The summed E-state index contributed by atoms with van der Waals surface area (Å²) in [4.78, 5) is 39.8. The second-order valence-electron chi connectivity index (χ2n) is 7.51. The van der Waals surface area contributed by atoms with Crippen LogP contribution in [-0.4, -0.2) is 48.3 Å². The molecule has 1 aliphatic carbocycles. The molecule has 0 unspecified atom stereocenters. The van der Waals surface area contributed by atoms with Crippen LogP contribution in [0.3, 0.4) is 0 Å². The van der Waals surface area contributed by atoms with Crippen LogP contribution in [0.25, 0.3) is 0 Å². The van der Waals surface area contributed by atoms with E-state index in [9.17, 15) is 14.4 Å². The summed E-state index contributed by atoms with van der Waals surface area (Å²) in [5.41, 5.74) is 7.76. The van der Waals surface area contributed by atoms with E-state index >= 15 is 0 Å². The molecule has 0 bridgehead atoms. The first-order chi connectivity index (χ1) is 14.0. The summed E-state index contributed by atoms with van der Waals surface area (Å²) in [6.45, 7) is 1.75. The number of nitrogens with one attached hydrogen (secondary N) is 2. The number of piperidine rings is 1. The Bertz CT molecular complexity index is 915. The van der Waals surface area contributed by atoms with Crippen LogP contribution in [0.5, 0.6) is 0 Å². The SMILES string of the molecule is NC(=O)c1c(NC(=O)CN2CCC(NC(=O)c3ccsc3)CC2)sc2c1CCC2. The van der Waals surface area contributed by atoms with Crippen molar-refractivity contribution in [2.45, 2.75) is 38.1 Å². The van der Waals surface area contributed by atoms with Gasteiger partial charge in [0.2, 0.25) is 5.91 Å². The van der Waals surface area contributed by atoms with Crippen molar-refractivity contribution >= 4 is 45.4 Å². The van der Waals surface area contributed by atoms with Crippen LogP contribution in [0, 0.1) is 0 Å². The van der Waals surface area contributed by atoms with Gasteiger partial charge in [0.1, 0.15) is 5.00 Å². The van der Waals surface area contributed by atoms with Crippen LogP contribution in [-0.2, 0) is 17.6 Å². The summed E-state index contributed by atoms with van der Waals surface area (Å²) in [5.74, 6) is -0.637. The highest BCUT2D eigenvalue weighted by Crippen LogP contribution is 2.38. The molecule has 2 aromatic heterocycles. The molecule has 4 rings (SSSR count). The average Bonchev–Trinajstić information content (AvgIpc) is 3.39. The average molecular weight is 433 g/mol. The standard InChI is InChI=1S/C20H24N4O3S2/c21-18(26)17-14-2-1-3-15(14)29-20(17)23-16(25)10-24-7-4-13(5-8-24)22-19(27)12-6-9-28-11-12/h6,9,11,13H,1-5,7-8,10H2,(H2,21,26)(H,22,27)(H,23,25). The van der Waals surface area contributed by atoms with Crippen LogP contribution >= 0.6 is 22.7 Å². The van der Waals surface area contributed by atoms with E-state index in [2.05, 4.69) is 15.5 Å². The van der Waals surface area contributed by atoms with E-state index in [1.54, 1.807) is 0 Å². The van der Waals surface area contributed by atoms with E-state index < -0.39 is 5.91 Å². The summed E-state index contributed by atoms with van der Waals surface area (Å²) >= 11 is 2.98. The molecule has 0 atom stereocenters. The Morgan fingerprint density at radius 1 is 1.21 bits per heavy atom. The molecule has 7 nitrogen and oxygen atoms in total. The van der Waals surface area contributed by atoms with E-state index in [1.807, 2.05) is 16.8 Å². The number of thiophene rings is 2. The van der Waals surface area contributed by atoms with Crippen LogP contribution in [0.2, 0.25) is 0 Å². The minimum absolute atomic E-state index is 0.0350. The molecule has 0 spiro atoms. The number of carbonyl (C=O) groups is 3. The third-order valence-corrected chi connectivity index (χ3v) is 7.38. The Morgan fingerprint density at radius 2 is 2.00 bits per heavy atom. The number of nitrogens with zero attached hydrogens (tertiary/aromatic N) is 1. The molecule has 4 N–H and O–H groups in total. The fraction of sp³-hybridized carbons (Fsp3) is 0.450. The van der Waals surface area contributed by atoms with Crippen molar-refractivity contribution < 1.29 is 14.4 Å². The number of hydrogen-bond donors (Lipinski definition) is 3. The maximum absolute atomic E-state index is 12.5. The fourth-order valence-corrected chi connectivity index (χ4v) is 5.97. The van der Waals surface area contributed by atoms with E-state index in [0.717, 1.165) is 55.6 Å². The number of carbonyl (C=O) groups excluding carboxylic acids is 3. The number of aryl methyl sites for hydroxylation is 1. The lowest BCUT2D eigenvalue weighted by molar-refractivity contribution is -0.117. The summed E-state index contributed by atoms with van der Waals surface area (Å²) in [5, 5.41) is 10.3. The van der Waals surface area contributed by atoms with Gasteiger partial charge >= 0.3 is 0 Å². The normalized spacial score (nSPS) is 17.1. The predicted octanol–water partition coefficient (Wildman–Crippen LogP) is 2.23. The third kappa shape index (κ3) is 4.52. The second kappa shape index (κ2) is 8.64. The number of nitrogens with two attached hydrogens (primary N) is 1. The van der Waals surface area contributed by atoms with Crippen LogP contribution in [0.1, 0.15) is 50.4 Å². The number of primary amides is 1. The zero-order chi connectivity index (χ0) is 20.4. The smallest absolute Gasteiger partial charge is 0.252 e. The monoisotopic (exact) mass is 432 g/mol. The van der Waals surface area contributed by atoms with Crippen molar-refractivity contribution in [3.8, 4) is 0 Å². The molecule has 2 aliphatic rings. The molecule has 3 heterocycles. The van der Waals surface area contributed by atoms with Gasteiger partial charge in [-0.25, -0.2) is 0 Å². The summed E-state index contributed by atoms with van der Waals surface area (Å²) in [7, 11) is 0. The second-order valence-corrected chi connectivity index (χ2v) is 9.40. The molecule has 1 saturated heterocycles. The molecule has 3 amide bonds. The zero-order valence-corrected chi connectivity index (χ0v) is 17.7. The van der Waals surface area contributed by atoms with Crippen LogP contribution < -0.4 is 16.4 Å². The first-order valence-electron chi connectivity index (χ1n) is 9.81. The highest BCUT2D eigenvalue weighted by molar-refractivity contribution is 7.17. The van der Waals surface area contributed by atoms with Gasteiger partial charge in [-0.05, 0) is 49.1 Å². The molecule has 1 aliphatic heterocycles. The number of likely N-dealkylation sites (tertiary alicyclic amines) is 1. The number of amides is 3. The Labute approximate surface area is 177 Å². The maximum Gasteiger partial charge on any atom is 0.252 e. The number of rotatable bonds is 6. The lowest BCUT2D eigenvalue weighted by atomic mass is 10.0. The summed E-state index contributed by atoms with van der Waals surface area (Å²) < 4.78 is 0. The van der Waals surface area contributed by atoms with E-state index in [0.29, 0.717) is 16.1 Å². The topological polar surface area (TPSA) is 105 Å². The van der Waals surface area contributed by atoms with Gasteiger partial charge in [-0.3, -0.25) is 19.3 Å². The number of anilines is 1. The highest BCUT2D eigenvalue weighted by atomic mass is 32.1. The molecule has 1 fully saturated rings. The lowest BCUT2D eigenvalue weighted by Crippen LogP contribution is -2.46. The number of hydrogen-bond acceptors (Lipinski definition) is 6. The van der Waals surface area contributed by atoms with Crippen molar-refractivity contribution in [1.82, 2.24) is 10.2 Å².